The van der Waals surface area contributed by atoms with E-state index in [4.69, 9.17) is 4.74 Å². The van der Waals surface area contributed by atoms with Crippen LogP contribution in [0, 0.1) is 0 Å². The summed E-state index contributed by atoms with van der Waals surface area (Å²) in [6.45, 7) is 6.63. The molecular formula is C16H22N4O2S. The molecule has 0 aliphatic carbocycles. The Kier molecular flexibility index (Phi) is 6.04. The van der Waals surface area contributed by atoms with Crippen LogP contribution in [-0.2, 0) is 11.3 Å². The van der Waals surface area contributed by atoms with Crippen molar-refractivity contribution in [2.75, 3.05) is 12.9 Å². The van der Waals surface area contributed by atoms with Crippen LogP contribution >= 0.6 is 11.8 Å². The topological polar surface area (TPSA) is 69.0 Å². The summed E-state index contributed by atoms with van der Waals surface area (Å²) < 4.78 is 7.39. The van der Waals surface area contributed by atoms with E-state index in [1.165, 1.54) is 11.8 Å². The molecule has 2 rings (SSSR count). The zero-order valence-corrected chi connectivity index (χ0v) is 14.7. The number of thioether (sulfide) groups is 1. The highest BCUT2D eigenvalue weighted by atomic mass is 32.2. The Labute approximate surface area is 140 Å². The lowest BCUT2D eigenvalue weighted by Gasteiger charge is -2.11. The third-order valence-electron chi connectivity index (χ3n) is 3.16. The molecule has 0 aliphatic heterocycles. The third kappa shape index (κ3) is 4.25. The van der Waals surface area contributed by atoms with Crippen molar-refractivity contribution in [3.05, 3.63) is 24.3 Å². The predicted octanol–water partition coefficient (Wildman–Crippen LogP) is 2.59. The van der Waals surface area contributed by atoms with Gasteiger partial charge in [0.2, 0.25) is 5.91 Å². The number of benzene rings is 1. The average Bonchev–Trinajstić information content (AvgIpc) is 2.94. The van der Waals surface area contributed by atoms with E-state index in [1.807, 2.05) is 49.6 Å². The van der Waals surface area contributed by atoms with Gasteiger partial charge in [0, 0.05) is 12.6 Å². The number of amides is 1. The van der Waals surface area contributed by atoms with Gasteiger partial charge in [0.05, 0.1) is 18.4 Å². The van der Waals surface area contributed by atoms with Crippen molar-refractivity contribution < 1.29 is 9.53 Å². The van der Waals surface area contributed by atoms with Gasteiger partial charge in [-0.1, -0.05) is 23.9 Å². The number of methoxy groups -OCH3 is 1. The summed E-state index contributed by atoms with van der Waals surface area (Å²) in [4.78, 5) is 11.8. The highest BCUT2D eigenvalue weighted by molar-refractivity contribution is 7.99. The van der Waals surface area contributed by atoms with Crippen molar-refractivity contribution in [1.82, 2.24) is 20.1 Å². The normalized spacial score (nSPS) is 10.8. The summed E-state index contributed by atoms with van der Waals surface area (Å²) in [7, 11) is 1.64. The second kappa shape index (κ2) is 8.01. The van der Waals surface area contributed by atoms with Crippen LogP contribution in [-0.4, -0.2) is 39.6 Å². The Hall–Kier alpha value is -2.02. The van der Waals surface area contributed by atoms with Gasteiger partial charge < -0.3 is 14.6 Å². The zero-order chi connectivity index (χ0) is 16.8. The highest BCUT2D eigenvalue weighted by Crippen LogP contribution is 2.30. The molecule has 7 heteroatoms. The van der Waals surface area contributed by atoms with Gasteiger partial charge in [-0.3, -0.25) is 4.79 Å². The Morgan fingerprint density at radius 3 is 2.74 bits per heavy atom. The molecule has 1 amide bonds. The lowest BCUT2D eigenvalue weighted by Crippen LogP contribution is -2.31. The van der Waals surface area contributed by atoms with Crippen LogP contribution in [0.2, 0.25) is 0 Å². The zero-order valence-electron chi connectivity index (χ0n) is 13.9. The molecule has 0 radical (unpaired) electrons. The van der Waals surface area contributed by atoms with Gasteiger partial charge in [0.25, 0.3) is 0 Å². The molecule has 1 aromatic carbocycles. The maximum Gasteiger partial charge on any atom is 0.230 e. The molecular weight excluding hydrogens is 312 g/mol. The second-order valence-corrected chi connectivity index (χ2v) is 6.20. The molecule has 0 aliphatic rings. The largest absolute Gasteiger partial charge is 0.496 e. The molecule has 0 spiro atoms. The number of para-hydroxylation sites is 1. The first-order valence-corrected chi connectivity index (χ1v) is 8.54. The monoisotopic (exact) mass is 334 g/mol. The minimum Gasteiger partial charge on any atom is -0.496 e. The van der Waals surface area contributed by atoms with Crippen LogP contribution in [0.4, 0.5) is 0 Å². The van der Waals surface area contributed by atoms with Gasteiger partial charge in [0.15, 0.2) is 11.0 Å². The maximum atomic E-state index is 11.8. The van der Waals surface area contributed by atoms with Gasteiger partial charge in [-0.15, -0.1) is 10.2 Å². The van der Waals surface area contributed by atoms with E-state index >= 15 is 0 Å². The van der Waals surface area contributed by atoms with Crippen molar-refractivity contribution in [1.29, 1.82) is 0 Å². The molecule has 0 saturated carbocycles. The number of nitrogens with one attached hydrogen (secondary N) is 1. The smallest absolute Gasteiger partial charge is 0.230 e. The molecule has 1 N–H and O–H groups in total. The minimum absolute atomic E-state index is 0.00510. The number of rotatable bonds is 7. The summed E-state index contributed by atoms with van der Waals surface area (Å²) in [5, 5.41) is 12.1. The van der Waals surface area contributed by atoms with E-state index in [0.29, 0.717) is 12.3 Å². The SMILES string of the molecule is CCn1c(SCC(=O)NC(C)C)nnc1-c1ccccc1OC. The summed E-state index contributed by atoms with van der Waals surface area (Å²) in [6.07, 6.45) is 0. The Morgan fingerprint density at radius 2 is 2.09 bits per heavy atom. The number of ether oxygens (including phenoxy) is 1. The minimum atomic E-state index is -0.00510. The molecule has 2 aromatic rings. The first kappa shape index (κ1) is 17.3. The quantitative estimate of drug-likeness (QED) is 0.788. The fourth-order valence-corrected chi connectivity index (χ4v) is 3.02. The van der Waals surface area contributed by atoms with Crippen molar-refractivity contribution in [3.8, 4) is 17.1 Å². The molecule has 124 valence electrons. The van der Waals surface area contributed by atoms with Crippen LogP contribution in [0.3, 0.4) is 0 Å². The molecule has 0 fully saturated rings. The third-order valence-corrected chi connectivity index (χ3v) is 4.13. The lowest BCUT2D eigenvalue weighted by atomic mass is 10.2. The number of nitrogens with zero attached hydrogens (tertiary/aromatic N) is 3. The lowest BCUT2D eigenvalue weighted by molar-refractivity contribution is -0.119. The van der Waals surface area contributed by atoms with E-state index in [2.05, 4.69) is 15.5 Å². The highest BCUT2D eigenvalue weighted by Gasteiger charge is 2.17. The van der Waals surface area contributed by atoms with E-state index < -0.39 is 0 Å². The number of carbonyl (C=O) groups excluding carboxylic acids is 1. The number of aromatic nitrogens is 3. The van der Waals surface area contributed by atoms with Crippen LogP contribution in [0.5, 0.6) is 5.75 Å². The van der Waals surface area contributed by atoms with Gasteiger partial charge >= 0.3 is 0 Å². The van der Waals surface area contributed by atoms with E-state index in [9.17, 15) is 4.79 Å². The van der Waals surface area contributed by atoms with Crippen molar-refractivity contribution in [2.24, 2.45) is 0 Å². The van der Waals surface area contributed by atoms with Crippen LogP contribution < -0.4 is 10.1 Å². The Balaban J connectivity index is 2.21. The molecule has 23 heavy (non-hydrogen) atoms. The maximum absolute atomic E-state index is 11.8. The summed E-state index contributed by atoms with van der Waals surface area (Å²) in [5.74, 6) is 1.82. The number of hydrogen-bond acceptors (Lipinski definition) is 5. The summed E-state index contributed by atoms with van der Waals surface area (Å²) >= 11 is 1.39. The second-order valence-electron chi connectivity index (χ2n) is 5.26. The molecule has 1 heterocycles. The van der Waals surface area contributed by atoms with Gasteiger partial charge in [-0.2, -0.15) is 0 Å². The average molecular weight is 334 g/mol. The first-order valence-electron chi connectivity index (χ1n) is 7.55. The first-order chi connectivity index (χ1) is 11.1. The Morgan fingerprint density at radius 1 is 1.35 bits per heavy atom. The van der Waals surface area contributed by atoms with Crippen molar-refractivity contribution in [3.63, 3.8) is 0 Å². The molecule has 6 nitrogen and oxygen atoms in total. The molecule has 0 saturated heterocycles. The number of hydrogen-bond donors (Lipinski definition) is 1. The van der Waals surface area contributed by atoms with Crippen LogP contribution in [0.1, 0.15) is 20.8 Å². The summed E-state index contributed by atoms with van der Waals surface area (Å²) in [5.41, 5.74) is 0.892. The Bertz CT molecular complexity index is 670. The van der Waals surface area contributed by atoms with Gasteiger partial charge in [-0.25, -0.2) is 0 Å². The fraction of sp³-hybridized carbons (Fsp3) is 0.438. The molecule has 1 aromatic heterocycles. The standard InChI is InChI=1S/C16H22N4O2S/c1-5-20-15(12-8-6-7-9-13(12)22-4)18-19-16(20)23-10-14(21)17-11(2)3/h6-9,11H,5,10H2,1-4H3,(H,17,21). The van der Waals surface area contributed by atoms with E-state index in [-0.39, 0.29) is 11.9 Å². The van der Waals surface area contributed by atoms with Gasteiger partial charge in [0.1, 0.15) is 5.75 Å². The fourth-order valence-electron chi connectivity index (χ4n) is 2.20. The number of carbonyl (C=O) groups is 1. The predicted molar refractivity (Wildman–Crippen MR) is 91.7 cm³/mol. The summed E-state index contributed by atoms with van der Waals surface area (Å²) in [6, 6.07) is 7.84. The molecule has 0 unspecified atom stereocenters. The molecule has 0 atom stereocenters. The van der Waals surface area contributed by atoms with Crippen LogP contribution in [0.25, 0.3) is 11.4 Å². The van der Waals surface area contributed by atoms with Crippen LogP contribution in [0.15, 0.2) is 29.4 Å². The molecule has 0 bridgehead atoms. The van der Waals surface area contributed by atoms with E-state index in [1.54, 1.807) is 7.11 Å². The van der Waals surface area contributed by atoms with Gasteiger partial charge in [-0.05, 0) is 32.9 Å². The van der Waals surface area contributed by atoms with Crippen molar-refractivity contribution in [2.45, 2.75) is 38.5 Å². The van der Waals surface area contributed by atoms with Crippen molar-refractivity contribution >= 4 is 17.7 Å². The van der Waals surface area contributed by atoms with E-state index in [0.717, 1.165) is 22.3 Å².